The average Bonchev–Trinajstić information content (AvgIpc) is 3.27. The Morgan fingerprint density at radius 2 is 2.12 bits per heavy atom. The van der Waals surface area contributed by atoms with Crippen molar-refractivity contribution in [2.45, 2.75) is 19.3 Å². The van der Waals surface area contributed by atoms with Crippen molar-refractivity contribution in [3.8, 4) is 12.3 Å². The van der Waals surface area contributed by atoms with E-state index in [9.17, 15) is 4.79 Å². The molecule has 26 heavy (non-hydrogen) atoms. The molecule has 0 unspecified atom stereocenters. The Bertz CT molecular complexity index is 992. The minimum atomic E-state index is -0.636. The molecule has 0 fully saturated rings. The summed E-state index contributed by atoms with van der Waals surface area (Å²) in [6.45, 7) is 2.01. The number of hydrogen-bond donors (Lipinski definition) is 1. The van der Waals surface area contributed by atoms with Crippen LogP contribution in [0.25, 0.3) is 0 Å². The normalized spacial score (nSPS) is 21.0. The van der Waals surface area contributed by atoms with Gasteiger partial charge in [-0.2, -0.15) is 0 Å². The molecule has 0 bridgehead atoms. The van der Waals surface area contributed by atoms with Crippen LogP contribution in [0.5, 0.6) is 0 Å². The van der Waals surface area contributed by atoms with Crippen LogP contribution in [-0.2, 0) is 11.2 Å². The Morgan fingerprint density at radius 1 is 1.31 bits per heavy atom. The summed E-state index contributed by atoms with van der Waals surface area (Å²) in [4.78, 5) is 13.2. The summed E-state index contributed by atoms with van der Waals surface area (Å²) in [5.74, 6) is 2.58. The van der Waals surface area contributed by atoms with Crippen LogP contribution >= 0.6 is 11.3 Å². The Balaban J connectivity index is 1.81. The topological polar surface area (TPSA) is 54.9 Å². The van der Waals surface area contributed by atoms with Gasteiger partial charge in [0.25, 0.3) is 0 Å². The van der Waals surface area contributed by atoms with Crippen LogP contribution in [0.1, 0.15) is 35.1 Å². The Labute approximate surface area is 156 Å². The van der Waals surface area contributed by atoms with Crippen molar-refractivity contribution in [1.82, 2.24) is 10.2 Å². The van der Waals surface area contributed by atoms with E-state index in [1.165, 1.54) is 11.3 Å². The van der Waals surface area contributed by atoms with Crippen molar-refractivity contribution >= 4 is 22.4 Å². The highest BCUT2D eigenvalue weighted by Gasteiger charge is 2.48. The second-order valence-corrected chi connectivity index (χ2v) is 7.53. The van der Waals surface area contributed by atoms with Gasteiger partial charge in [0.05, 0.1) is 5.41 Å². The van der Waals surface area contributed by atoms with Gasteiger partial charge in [0.1, 0.15) is 5.51 Å². The first-order chi connectivity index (χ1) is 12.6. The monoisotopic (exact) mass is 359 g/mol. The first-order valence-electron chi connectivity index (χ1n) is 8.34. The third-order valence-electron chi connectivity index (χ3n) is 5.05. The fraction of sp³-hybridized carbons (Fsp3) is 0.190. The van der Waals surface area contributed by atoms with E-state index >= 15 is 0 Å². The molecule has 2 atom stereocenters. The van der Waals surface area contributed by atoms with Crippen molar-refractivity contribution in [2.24, 2.45) is 5.41 Å². The summed E-state index contributed by atoms with van der Waals surface area (Å²) in [5.41, 5.74) is 5.20. The van der Waals surface area contributed by atoms with E-state index in [0.717, 1.165) is 22.3 Å². The number of benzene rings is 2. The summed E-state index contributed by atoms with van der Waals surface area (Å²) in [7, 11) is 0. The van der Waals surface area contributed by atoms with Crippen LogP contribution in [-0.4, -0.2) is 16.1 Å². The predicted molar refractivity (Wildman–Crippen MR) is 103 cm³/mol. The highest BCUT2D eigenvalue weighted by molar-refractivity contribution is 7.13. The minimum absolute atomic E-state index is 0.0541. The number of carbonyl (C=O) groups is 1. The van der Waals surface area contributed by atoms with Gasteiger partial charge in [-0.15, -0.1) is 16.6 Å². The number of anilines is 1. The molecule has 1 aromatic heterocycles. The van der Waals surface area contributed by atoms with E-state index < -0.39 is 5.41 Å². The summed E-state index contributed by atoms with van der Waals surface area (Å²) in [5, 5.41) is 11.2. The van der Waals surface area contributed by atoms with Crippen LogP contribution in [0.4, 0.5) is 5.13 Å². The van der Waals surface area contributed by atoms with E-state index in [-0.39, 0.29) is 11.8 Å². The maximum atomic E-state index is 13.2. The molecule has 0 saturated carbocycles. The van der Waals surface area contributed by atoms with E-state index in [4.69, 9.17) is 6.42 Å². The number of fused-ring (bicyclic) bond motifs is 1. The zero-order chi connectivity index (χ0) is 18.1. The molecule has 0 spiro atoms. The second kappa shape index (κ2) is 6.40. The number of nitrogens with zero attached hydrogens (tertiary/aromatic N) is 2. The first kappa shape index (κ1) is 16.5. The van der Waals surface area contributed by atoms with Gasteiger partial charge >= 0.3 is 0 Å². The molecule has 1 heterocycles. The van der Waals surface area contributed by atoms with Crippen molar-refractivity contribution in [1.29, 1.82) is 0 Å². The van der Waals surface area contributed by atoms with Crippen molar-refractivity contribution in [3.05, 3.63) is 76.3 Å². The number of rotatable bonds is 3. The molecule has 1 aliphatic carbocycles. The summed E-state index contributed by atoms with van der Waals surface area (Å²) in [6, 6.07) is 16.1. The maximum absolute atomic E-state index is 13.2. The number of aromatic nitrogens is 2. The van der Waals surface area contributed by atoms with Gasteiger partial charge in [-0.25, -0.2) is 0 Å². The third-order valence-corrected chi connectivity index (χ3v) is 5.66. The maximum Gasteiger partial charge on any atom is 0.233 e. The molecule has 4 rings (SSSR count). The minimum Gasteiger partial charge on any atom is -0.300 e. The molecule has 0 aliphatic heterocycles. The lowest BCUT2D eigenvalue weighted by molar-refractivity contribution is -0.125. The number of amides is 1. The smallest absolute Gasteiger partial charge is 0.233 e. The molecule has 0 saturated heterocycles. The standard InChI is InChI=1S/C21H17N3OS/c1-3-14-9-10-16-12-21(2,19(25)23-20-24-22-13-26-20)18(17(16)11-14)15-7-5-4-6-8-15/h1,4-11,13,18H,12H2,2H3,(H,23,24,25)/t18-,21+/m1/s1. The van der Waals surface area contributed by atoms with E-state index in [1.807, 2.05) is 43.3 Å². The molecule has 5 heteroatoms. The molecule has 1 amide bonds. The van der Waals surface area contributed by atoms with Gasteiger partial charge in [-0.1, -0.05) is 53.7 Å². The van der Waals surface area contributed by atoms with E-state index in [1.54, 1.807) is 5.51 Å². The highest BCUT2D eigenvalue weighted by atomic mass is 32.1. The zero-order valence-corrected chi connectivity index (χ0v) is 15.1. The Hall–Kier alpha value is -2.97. The number of hydrogen-bond acceptors (Lipinski definition) is 4. The number of carbonyl (C=O) groups excluding carboxylic acids is 1. The lowest BCUT2D eigenvalue weighted by Crippen LogP contribution is -2.37. The van der Waals surface area contributed by atoms with Gasteiger partial charge in [0.15, 0.2) is 0 Å². The molecular formula is C21H17N3OS. The fourth-order valence-corrected chi connectivity index (χ4v) is 4.27. The van der Waals surface area contributed by atoms with Crippen LogP contribution in [0.3, 0.4) is 0 Å². The SMILES string of the molecule is C#Cc1ccc2c(c1)[C@@H](c1ccccc1)[C@@](C)(C(=O)Nc1nncs1)C2. The van der Waals surface area contributed by atoms with Crippen molar-refractivity contribution in [3.63, 3.8) is 0 Å². The molecule has 0 radical (unpaired) electrons. The van der Waals surface area contributed by atoms with Gasteiger partial charge in [-0.05, 0) is 42.2 Å². The lowest BCUT2D eigenvalue weighted by Gasteiger charge is -2.30. The summed E-state index contributed by atoms with van der Waals surface area (Å²) in [6.07, 6.45) is 6.25. The average molecular weight is 359 g/mol. The summed E-state index contributed by atoms with van der Waals surface area (Å²) < 4.78 is 0. The number of terminal acetylenes is 1. The quantitative estimate of drug-likeness (QED) is 0.723. The largest absolute Gasteiger partial charge is 0.300 e. The van der Waals surface area contributed by atoms with Crippen LogP contribution in [0, 0.1) is 17.8 Å². The fourth-order valence-electron chi connectivity index (χ4n) is 3.83. The molecule has 3 aromatic rings. The number of nitrogens with one attached hydrogen (secondary N) is 1. The van der Waals surface area contributed by atoms with Crippen LogP contribution < -0.4 is 5.32 Å². The van der Waals surface area contributed by atoms with E-state index in [2.05, 4.69) is 33.6 Å². The molecule has 2 aromatic carbocycles. The second-order valence-electron chi connectivity index (χ2n) is 6.69. The lowest BCUT2D eigenvalue weighted by atomic mass is 9.73. The van der Waals surface area contributed by atoms with Crippen molar-refractivity contribution in [2.75, 3.05) is 5.32 Å². The predicted octanol–water partition coefficient (Wildman–Crippen LogP) is 3.85. The molecule has 4 nitrogen and oxygen atoms in total. The van der Waals surface area contributed by atoms with Gasteiger partial charge in [0, 0.05) is 11.5 Å². The first-order valence-corrected chi connectivity index (χ1v) is 9.22. The molecule has 128 valence electrons. The van der Waals surface area contributed by atoms with E-state index in [0.29, 0.717) is 11.6 Å². The third kappa shape index (κ3) is 2.69. The molecular weight excluding hydrogens is 342 g/mol. The van der Waals surface area contributed by atoms with Crippen molar-refractivity contribution < 1.29 is 4.79 Å². The van der Waals surface area contributed by atoms with Crippen LogP contribution in [0.15, 0.2) is 54.0 Å². The van der Waals surface area contributed by atoms with Crippen LogP contribution in [0.2, 0.25) is 0 Å². The van der Waals surface area contributed by atoms with Gasteiger partial charge in [-0.3, -0.25) is 4.79 Å². The Morgan fingerprint density at radius 3 is 2.81 bits per heavy atom. The van der Waals surface area contributed by atoms with Gasteiger partial charge < -0.3 is 5.32 Å². The zero-order valence-electron chi connectivity index (χ0n) is 14.3. The van der Waals surface area contributed by atoms with Gasteiger partial charge in [0.2, 0.25) is 11.0 Å². The molecule has 1 aliphatic rings. The molecule has 1 N–H and O–H groups in total. The highest BCUT2D eigenvalue weighted by Crippen LogP contribution is 2.51. The Kier molecular flexibility index (Phi) is 4.06. The summed E-state index contributed by atoms with van der Waals surface area (Å²) >= 11 is 1.32.